The molecule has 0 aliphatic carbocycles. The second-order valence-corrected chi connectivity index (χ2v) is 5.56. The first-order valence-corrected chi connectivity index (χ1v) is 5.70. The molecule has 1 aromatic carbocycles. The van der Waals surface area contributed by atoms with Gasteiger partial charge in [-0.1, -0.05) is 44.5 Å². The fourth-order valence-electron chi connectivity index (χ4n) is 1.51. The number of benzene rings is 1. The van der Waals surface area contributed by atoms with E-state index in [9.17, 15) is 4.79 Å². The lowest BCUT2D eigenvalue weighted by Gasteiger charge is -2.17. The number of rotatable bonds is 3. The summed E-state index contributed by atoms with van der Waals surface area (Å²) in [6, 6.07) is 7.47. The van der Waals surface area contributed by atoms with Crippen molar-refractivity contribution in [3.05, 3.63) is 40.4 Å². The summed E-state index contributed by atoms with van der Waals surface area (Å²) in [5, 5.41) is 0.709. The lowest BCUT2D eigenvalue weighted by atomic mass is 9.88. The lowest BCUT2D eigenvalue weighted by Crippen LogP contribution is -2.06. The summed E-state index contributed by atoms with van der Waals surface area (Å²) in [4.78, 5) is 11.0. The molecular weight excluding hydrogens is 220 g/mol. The van der Waals surface area contributed by atoms with Gasteiger partial charge in [-0.05, 0) is 41.2 Å². The van der Waals surface area contributed by atoms with E-state index in [0.29, 0.717) is 5.02 Å². The third kappa shape index (κ3) is 4.63. The maximum absolute atomic E-state index is 11.0. The van der Waals surface area contributed by atoms with Crippen molar-refractivity contribution in [3.8, 4) is 0 Å². The molecule has 0 fully saturated rings. The molecule has 2 heteroatoms. The first-order valence-electron chi connectivity index (χ1n) is 5.32. The normalized spacial score (nSPS) is 12.6. The van der Waals surface area contributed by atoms with Crippen LogP contribution < -0.4 is 0 Å². The Bertz CT molecular complexity index is 382. The highest BCUT2D eigenvalue weighted by atomic mass is 35.5. The monoisotopic (exact) mass is 236 g/mol. The maximum atomic E-state index is 11.0. The average Bonchev–Trinajstić information content (AvgIpc) is 2.18. The number of carbonyl (C=O) groups is 1. The summed E-state index contributed by atoms with van der Waals surface area (Å²) in [5.41, 5.74) is 1.95. The van der Waals surface area contributed by atoms with Gasteiger partial charge in [0, 0.05) is 5.02 Å². The Labute approximate surface area is 102 Å². The van der Waals surface area contributed by atoms with Crippen LogP contribution in [0.3, 0.4) is 0 Å². The van der Waals surface area contributed by atoms with E-state index in [1.807, 2.05) is 30.3 Å². The molecule has 1 nitrogen and oxygen atoms in total. The SMILES string of the molecule is CC(C)(C)CC(C=O)=Cc1ccc(Cl)cc1. The molecule has 86 valence electrons. The van der Waals surface area contributed by atoms with Gasteiger partial charge in [0.05, 0.1) is 0 Å². The average molecular weight is 237 g/mol. The van der Waals surface area contributed by atoms with E-state index < -0.39 is 0 Å². The van der Waals surface area contributed by atoms with Gasteiger partial charge in [-0.3, -0.25) is 4.79 Å². The van der Waals surface area contributed by atoms with Crippen molar-refractivity contribution in [1.82, 2.24) is 0 Å². The van der Waals surface area contributed by atoms with E-state index in [-0.39, 0.29) is 5.41 Å². The zero-order valence-electron chi connectivity index (χ0n) is 9.96. The van der Waals surface area contributed by atoms with Crippen LogP contribution in [0, 0.1) is 5.41 Å². The van der Waals surface area contributed by atoms with Crippen LogP contribution in [0.15, 0.2) is 29.8 Å². The Morgan fingerprint density at radius 2 is 1.81 bits per heavy atom. The van der Waals surface area contributed by atoms with Gasteiger partial charge in [0.1, 0.15) is 6.29 Å². The van der Waals surface area contributed by atoms with E-state index in [4.69, 9.17) is 11.6 Å². The molecule has 0 aromatic heterocycles. The molecule has 0 atom stereocenters. The molecule has 0 heterocycles. The minimum atomic E-state index is 0.124. The van der Waals surface area contributed by atoms with Crippen molar-refractivity contribution in [2.24, 2.45) is 5.41 Å². The molecule has 0 N–H and O–H groups in total. The second-order valence-electron chi connectivity index (χ2n) is 5.13. The summed E-state index contributed by atoms with van der Waals surface area (Å²) < 4.78 is 0. The number of hydrogen-bond donors (Lipinski definition) is 0. The van der Waals surface area contributed by atoms with E-state index in [0.717, 1.165) is 23.8 Å². The minimum Gasteiger partial charge on any atom is -0.298 e. The lowest BCUT2D eigenvalue weighted by molar-refractivity contribution is -0.105. The second kappa shape index (κ2) is 5.31. The molecule has 1 aromatic rings. The van der Waals surface area contributed by atoms with Gasteiger partial charge in [0.15, 0.2) is 0 Å². The fourth-order valence-corrected chi connectivity index (χ4v) is 1.64. The van der Waals surface area contributed by atoms with Crippen molar-refractivity contribution in [2.75, 3.05) is 0 Å². The van der Waals surface area contributed by atoms with Crippen molar-refractivity contribution in [3.63, 3.8) is 0 Å². The first-order chi connectivity index (χ1) is 7.40. The number of hydrogen-bond acceptors (Lipinski definition) is 1. The standard InChI is InChI=1S/C14H17ClO/c1-14(2,3)9-12(10-16)8-11-4-6-13(15)7-5-11/h4-8,10H,9H2,1-3H3. The zero-order valence-corrected chi connectivity index (χ0v) is 10.7. The van der Waals surface area contributed by atoms with Gasteiger partial charge in [-0.2, -0.15) is 0 Å². The zero-order chi connectivity index (χ0) is 12.2. The minimum absolute atomic E-state index is 0.124. The van der Waals surface area contributed by atoms with Crippen LogP contribution >= 0.6 is 11.6 Å². The van der Waals surface area contributed by atoms with E-state index in [1.165, 1.54) is 0 Å². The third-order valence-corrected chi connectivity index (χ3v) is 2.36. The Kier molecular flexibility index (Phi) is 4.31. The molecule has 0 unspecified atom stereocenters. The highest BCUT2D eigenvalue weighted by Gasteiger charge is 2.12. The van der Waals surface area contributed by atoms with Crippen LogP contribution in [0.4, 0.5) is 0 Å². The Morgan fingerprint density at radius 3 is 2.25 bits per heavy atom. The van der Waals surface area contributed by atoms with Crippen LogP contribution in [0.2, 0.25) is 5.02 Å². The van der Waals surface area contributed by atoms with Crippen LogP contribution in [0.1, 0.15) is 32.8 Å². The van der Waals surface area contributed by atoms with Crippen LogP contribution in [0.5, 0.6) is 0 Å². The van der Waals surface area contributed by atoms with Crippen LogP contribution in [-0.4, -0.2) is 6.29 Å². The molecule has 0 aliphatic rings. The highest BCUT2D eigenvalue weighted by Crippen LogP contribution is 2.24. The summed E-state index contributed by atoms with van der Waals surface area (Å²) in [6.07, 6.45) is 3.62. The predicted molar refractivity (Wildman–Crippen MR) is 69.6 cm³/mol. The van der Waals surface area contributed by atoms with Gasteiger partial charge in [-0.15, -0.1) is 0 Å². The Balaban J connectivity index is 2.87. The van der Waals surface area contributed by atoms with Gasteiger partial charge in [-0.25, -0.2) is 0 Å². The molecule has 16 heavy (non-hydrogen) atoms. The van der Waals surface area contributed by atoms with E-state index in [2.05, 4.69) is 20.8 Å². The van der Waals surface area contributed by atoms with Crippen molar-refractivity contribution >= 4 is 24.0 Å². The Hall–Kier alpha value is -1.08. The third-order valence-electron chi connectivity index (χ3n) is 2.11. The molecule has 0 spiro atoms. The Morgan fingerprint density at radius 1 is 1.25 bits per heavy atom. The van der Waals surface area contributed by atoms with Gasteiger partial charge >= 0.3 is 0 Å². The number of allylic oxidation sites excluding steroid dienone is 1. The van der Waals surface area contributed by atoms with Crippen LogP contribution in [-0.2, 0) is 4.79 Å². The molecule has 0 bridgehead atoms. The molecular formula is C14H17ClO. The topological polar surface area (TPSA) is 17.1 Å². The molecule has 0 saturated heterocycles. The van der Waals surface area contributed by atoms with E-state index >= 15 is 0 Å². The molecule has 1 rings (SSSR count). The molecule has 0 radical (unpaired) electrons. The molecule has 0 amide bonds. The quantitative estimate of drug-likeness (QED) is 0.563. The van der Waals surface area contributed by atoms with Crippen molar-refractivity contribution in [1.29, 1.82) is 0 Å². The van der Waals surface area contributed by atoms with Crippen molar-refractivity contribution in [2.45, 2.75) is 27.2 Å². The summed E-state index contributed by atoms with van der Waals surface area (Å²) >= 11 is 5.80. The van der Waals surface area contributed by atoms with E-state index in [1.54, 1.807) is 0 Å². The largest absolute Gasteiger partial charge is 0.298 e. The van der Waals surface area contributed by atoms with Gasteiger partial charge in [0.2, 0.25) is 0 Å². The van der Waals surface area contributed by atoms with Gasteiger partial charge in [0.25, 0.3) is 0 Å². The smallest absolute Gasteiger partial charge is 0.146 e. The summed E-state index contributed by atoms with van der Waals surface area (Å²) in [7, 11) is 0. The van der Waals surface area contributed by atoms with Gasteiger partial charge < -0.3 is 0 Å². The molecule has 0 saturated carbocycles. The summed E-state index contributed by atoms with van der Waals surface area (Å²) in [5.74, 6) is 0. The summed E-state index contributed by atoms with van der Waals surface area (Å²) in [6.45, 7) is 6.35. The number of carbonyl (C=O) groups excluding carboxylic acids is 1. The molecule has 0 aliphatic heterocycles. The first kappa shape index (κ1) is 13.0. The number of halogens is 1. The fraction of sp³-hybridized carbons (Fsp3) is 0.357. The van der Waals surface area contributed by atoms with Crippen LogP contribution in [0.25, 0.3) is 6.08 Å². The predicted octanol–water partition coefficient (Wildman–Crippen LogP) is 4.36. The highest BCUT2D eigenvalue weighted by molar-refractivity contribution is 6.30. The van der Waals surface area contributed by atoms with Crippen molar-refractivity contribution < 1.29 is 4.79 Å². The maximum Gasteiger partial charge on any atom is 0.146 e. The number of aldehydes is 1.